The van der Waals surface area contributed by atoms with Crippen molar-refractivity contribution in [3.63, 3.8) is 0 Å². The van der Waals surface area contributed by atoms with E-state index in [9.17, 15) is 4.79 Å². The van der Waals surface area contributed by atoms with E-state index in [0.717, 1.165) is 28.2 Å². The average Bonchev–Trinajstić information content (AvgIpc) is 2.59. The van der Waals surface area contributed by atoms with Crippen LogP contribution in [0.1, 0.15) is 24.5 Å². The second-order valence-electron chi connectivity index (χ2n) is 5.61. The molecule has 0 fully saturated rings. The predicted molar refractivity (Wildman–Crippen MR) is 94.5 cm³/mol. The summed E-state index contributed by atoms with van der Waals surface area (Å²) in [5.74, 6) is 0.682. The van der Waals surface area contributed by atoms with E-state index >= 15 is 0 Å². The van der Waals surface area contributed by atoms with Gasteiger partial charge < -0.3 is 14.6 Å². The minimum atomic E-state index is -0.803. The fourth-order valence-corrected chi connectivity index (χ4v) is 2.52. The topological polar surface area (TPSA) is 55.8 Å². The summed E-state index contributed by atoms with van der Waals surface area (Å²) >= 11 is 0. The molecule has 4 heteroatoms. The van der Waals surface area contributed by atoms with Gasteiger partial charge in [-0.05, 0) is 46.9 Å². The summed E-state index contributed by atoms with van der Waals surface area (Å²) in [5, 5.41) is 9.01. The Hall–Kier alpha value is -2.75. The molecule has 0 saturated carbocycles. The monoisotopic (exact) mass is 326 g/mol. The predicted octanol–water partition coefficient (Wildman–Crippen LogP) is 4.25. The SMILES string of the molecule is COc1ccc(C(=CC(C)CC(=O)O)c2ccc(OC)cc2)cc1. The van der Waals surface area contributed by atoms with Gasteiger partial charge in [-0.15, -0.1) is 0 Å². The number of carbonyl (C=O) groups is 1. The molecule has 0 aliphatic carbocycles. The molecule has 0 bridgehead atoms. The van der Waals surface area contributed by atoms with E-state index < -0.39 is 5.97 Å². The smallest absolute Gasteiger partial charge is 0.303 e. The summed E-state index contributed by atoms with van der Waals surface area (Å²) < 4.78 is 10.4. The number of carboxylic acids is 1. The fraction of sp³-hybridized carbons (Fsp3) is 0.250. The minimum absolute atomic E-state index is 0.0818. The molecule has 126 valence electrons. The standard InChI is InChI=1S/C20H22O4/c1-14(13-20(21)22)12-19(15-4-8-17(23-2)9-5-15)16-6-10-18(24-3)11-7-16/h4-12,14H,13H2,1-3H3,(H,21,22). The summed E-state index contributed by atoms with van der Waals surface area (Å²) in [4.78, 5) is 11.0. The summed E-state index contributed by atoms with van der Waals surface area (Å²) in [6.07, 6.45) is 2.09. The lowest BCUT2D eigenvalue weighted by Gasteiger charge is -2.13. The first-order chi connectivity index (χ1) is 11.5. The van der Waals surface area contributed by atoms with Crippen molar-refractivity contribution >= 4 is 11.5 Å². The van der Waals surface area contributed by atoms with Crippen molar-refractivity contribution in [2.45, 2.75) is 13.3 Å². The minimum Gasteiger partial charge on any atom is -0.497 e. The number of hydrogen-bond acceptors (Lipinski definition) is 3. The van der Waals surface area contributed by atoms with Crippen LogP contribution in [0, 0.1) is 5.92 Å². The molecule has 2 aromatic carbocycles. The van der Waals surface area contributed by atoms with Crippen LogP contribution in [0.2, 0.25) is 0 Å². The van der Waals surface area contributed by atoms with Crippen molar-refractivity contribution in [2.24, 2.45) is 5.92 Å². The zero-order valence-corrected chi connectivity index (χ0v) is 14.2. The maximum Gasteiger partial charge on any atom is 0.303 e. The summed E-state index contributed by atoms with van der Waals surface area (Å²) in [6, 6.07) is 15.5. The number of allylic oxidation sites excluding steroid dienone is 1. The Balaban J connectivity index is 2.42. The first kappa shape index (κ1) is 17.6. The largest absolute Gasteiger partial charge is 0.497 e. The Labute approximate surface area is 142 Å². The van der Waals surface area contributed by atoms with Gasteiger partial charge in [0.25, 0.3) is 0 Å². The van der Waals surface area contributed by atoms with Crippen molar-refractivity contribution in [3.05, 3.63) is 65.7 Å². The maximum atomic E-state index is 11.0. The quantitative estimate of drug-likeness (QED) is 0.826. The molecule has 0 aliphatic rings. The number of hydrogen-bond donors (Lipinski definition) is 1. The van der Waals surface area contributed by atoms with Gasteiger partial charge in [-0.3, -0.25) is 4.79 Å². The molecule has 2 aromatic rings. The van der Waals surface area contributed by atoms with Gasteiger partial charge in [0.15, 0.2) is 0 Å². The number of carboxylic acid groups (broad SMARTS) is 1. The summed E-state index contributed by atoms with van der Waals surface area (Å²) in [6.45, 7) is 1.90. The van der Waals surface area contributed by atoms with E-state index in [1.807, 2.05) is 61.5 Å². The molecule has 0 aliphatic heterocycles. The van der Waals surface area contributed by atoms with E-state index in [1.165, 1.54) is 0 Å². The van der Waals surface area contributed by atoms with Gasteiger partial charge >= 0.3 is 5.97 Å². The Morgan fingerprint density at radius 1 is 0.958 bits per heavy atom. The van der Waals surface area contributed by atoms with Gasteiger partial charge in [0.2, 0.25) is 0 Å². The van der Waals surface area contributed by atoms with Crippen LogP contribution >= 0.6 is 0 Å². The average molecular weight is 326 g/mol. The molecule has 2 rings (SSSR count). The molecule has 0 spiro atoms. The fourth-order valence-electron chi connectivity index (χ4n) is 2.52. The normalized spacial score (nSPS) is 11.5. The molecule has 0 aromatic heterocycles. The number of aliphatic carboxylic acids is 1. The van der Waals surface area contributed by atoms with Crippen LogP contribution in [0.5, 0.6) is 11.5 Å². The van der Waals surface area contributed by atoms with Crippen LogP contribution in [0.3, 0.4) is 0 Å². The zero-order valence-electron chi connectivity index (χ0n) is 14.2. The molecule has 0 radical (unpaired) electrons. The van der Waals surface area contributed by atoms with Crippen molar-refractivity contribution in [1.29, 1.82) is 0 Å². The maximum absolute atomic E-state index is 11.0. The van der Waals surface area contributed by atoms with Gasteiger partial charge in [-0.1, -0.05) is 37.3 Å². The third kappa shape index (κ3) is 4.62. The molecule has 0 amide bonds. The summed E-state index contributed by atoms with van der Waals surface area (Å²) in [7, 11) is 3.26. The van der Waals surface area contributed by atoms with Gasteiger partial charge in [0.05, 0.1) is 20.6 Å². The number of ether oxygens (including phenoxy) is 2. The van der Waals surface area contributed by atoms with E-state index in [1.54, 1.807) is 14.2 Å². The van der Waals surface area contributed by atoms with Crippen LogP contribution in [-0.2, 0) is 4.79 Å². The third-order valence-electron chi connectivity index (χ3n) is 3.75. The molecule has 24 heavy (non-hydrogen) atoms. The number of benzene rings is 2. The lowest BCUT2D eigenvalue weighted by Crippen LogP contribution is -2.03. The van der Waals surface area contributed by atoms with Gasteiger partial charge in [-0.2, -0.15) is 0 Å². The number of methoxy groups -OCH3 is 2. The van der Waals surface area contributed by atoms with Crippen LogP contribution in [0.4, 0.5) is 0 Å². The van der Waals surface area contributed by atoms with Gasteiger partial charge in [0.1, 0.15) is 11.5 Å². The molecule has 1 unspecified atom stereocenters. The van der Waals surface area contributed by atoms with E-state index in [4.69, 9.17) is 14.6 Å². The van der Waals surface area contributed by atoms with E-state index in [2.05, 4.69) is 0 Å². The first-order valence-corrected chi connectivity index (χ1v) is 7.76. The Kier molecular flexibility index (Phi) is 6.01. The second kappa shape index (κ2) is 8.20. The van der Waals surface area contributed by atoms with Crippen LogP contribution in [-0.4, -0.2) is 25.3 Å². The molecule has 4 nitrogen and oxygen atoms in total. The van der Waals surface area contributed by atoms with Gasteiger partial charge in [0, 0.05) is 0 Å². The van der Waals surface area contributed by atoms with Crippen molar-refractivity contribution in [3.8, 4) is 11.5 Å². The highest BCUT2D eigenvalue weighted by Gasteiger charge is 2.11. The molecule has 1 N–H and O–H groups in total. The number of rotatable bonds is 7. The lowest BCUT2D eigenvalue weighted by atomic mass is 9.93. The zero-order chi connectivity index (χ0) is 17.5. The van der Waals surface area contributed by atoms with Crippen molar-refractivity contribution < 1.29 is 19.4 Å². The summed E-state index contributed by atoms with van der Waals surface area (Å²) in [5.41, 5.74) is 3.02. The molecular formula is C20H22O4. The molecular weight excluding hydrogens is 304 g/mol. The van der Waals surface area contributed by atoms with Gasteiger partial charge in [-0.25, -0.2) is 0 Å². The molecule has 1 atom stereocenters. The second-order valence-corrected chi connectivity index (χ2v) is 5.61. The van der Waals surface area contributed by atoms with Crippen molar-refractivity contribution in [1.82, 2.24) is 0 Å². The van der Waals surface area contributed by atoms with Crippen LogP contribution in [0.25, 0.3) is 5.57 Å². The van der Waals surface area contributed by atoms with Crippen molar-refractivity contribution in [2.75, 3.05) is 14.2 Å². The Bertz CT molecular complexity index is 650. The first-order valence-electron chi connectivity index (χ1n) is 7.76. The molecule has 0 heterocycles. The lowest BCUT2D eigenvalue weighted by molar-refractivity contribution is -0.137. The third-order valence-corrected chi connectivity index (χ3v) is 3.75. The van der Waals surface area contributed by atoms with Crippen LogP contribution in [0.15, 0.2) is 54.6 Å². The Morgan fingerprint density at radius 3 is 1.71 bits per heavy atom. The highest BCUT2D eigenvalue weighted by atomic mass is 16.5. The highest BCUT2D eigenvalue weighted by molar-refractivity contribution is 5.81. The van der Waals surface area contributed by atoms with E-state index in [0.29, 0.717) is 0 Å². The Morgan fingerprint density at radius 2 is 1.38 bits per heavy atom. The van der Waals surface area contributed by atoms with E-state index in [-0.39, 0.29) is 12.3 Å². The highest BCUT2D eigenvalue weighted by Crippen LogP contribution is 2.28. The van der Waals surface area contributed by atoms with Crippen LogP contribution < -0.4 is 9.47 Å². The molecule has 0 saturated heterocycles.